The van der Waals surface area contributed by atoms with Crippen molar-refractivity contribution in [2.45, 2.75) is 27.4 Å². The van der Waals surface area contributed by atoms with Crippen molar-refractivity contribution in [2.75, 3.05) is 12.3 Å². The number of rotatable bonds is 8. The molecule has 3 rings (SSSR count). The molecule has 0 saturated heterocycles. The Morgan fingerprint density at radius 3 is 2.70 bits per heavy atom. The molecule has 156 valence electrons. The maximum atomic E-state index is 12.2. The van der Waals surface area contributed by atoms with Gasteiger partial charge in [0.2, 0.25) is 0 Å². The minimum absolute atomic E-state index is 0.346. The molecular weight excluding hydrogens is 400 g/mol. The first-order valence-electron chi connectivity index (χ1n) is 9.48. The number of nitrogens with one attached hydrogen (secondary N) is 1. The van der Waals surface area contributed by atoms with E-state index >= 15 is 0 Å². The quantitative estimate of drug-likeness (QED) is 0.419. The molecule has 30 heavy (non-hydrogen) atoms. The van der Waals surface area contributed by atoms with Crippen molar-refractivity contribution < 1.29 is 14.3 Å². The molecule has 0 aliphatic heterocycles. The largest absolute Gasteiger partial charge is 0.490 e. The zero-order valence-electron chi connectivity index (χ0n) is 17.1. The van der Waals surface area contributed by atoms with Gasteiger partial charge in [-0.2, -0.15) is 5.10 Å². The van der Waals surface area contributed by atoms with Gasteiger partial charge < -0.3 is 15.2 Å². The second-order valence-corrected chi connectivity index (χ2v) is 7.55. The van der Waals surface area contributed by atoms with E-state index in [1.165, 1.54) is 5.56 Å². The number of hydrogen-bond donors (Lipinski definition) is 2. The van der Waals surface area contributed by atoms with Gasteiger partial charge in [0, 0.05) is 0 Å². The maximum absolute atomic E-state index is 12.2. The number of hydrazone groups is 1. The van der Waals surface area contributed by atoms with E-state index in [2.05, 4.69) is 28.5 Å². The molecule has 0 spiro atoms. The lowest BCUT2D eigenvalue weighted by Crippen LogP contribution is -2.17. The van der Waals surface area contributed by atoms with E-state index in [1.54, 1.807) is 13.1 Å². The average molecular weight is 425 g/mol. The highest BCUT2D eigenvalue weighted by Crippen LogP contribution is 2.29. The predicted octanol–water partition coefficient (Wildman–Crippen LogP) is 4.08. The summed E-state index contributed by atoms with van der Waals surface area (Å²) in [5.41, 5.74) is 11.8. The van der Waals surface area contributed by atoms with Gasteiger partial charge in [-0.15, -0.1) is 0 Å². The number of carbonyl (C=O) groups is 1. The Bertz CT molecular complexity index is 1060. The molecule has 3 aromatic rings. The van der Waals surface area contributed by atoms with Gasteiger partial charge in [-0.05, 0) is 55.7 Å². The van der Waals surface area contributed by atoms with Gasteiger partial charge in [-0.1, -0.05) is 35.6 Å². The van der Waals surface area contributed by atoms with Crippen molar-refractivity contribution >= 4 is 28.6 Å². The second kappa shape index (κ2) is 9.89. The fraction of sp³-hybridized carbons (Fsp3) is 0.227. The molecule has 0 atom stereocenters. The van der Waals surface area contributed by atoms with Gasteiger partial charge in [0.1, 0.15) is 11.5 Å². The van der Waals surface area contributed by atoms with E-state index in [-0.39, 0.29) is 5.91 Å². The van der Waals surface area contributed by atoms with E-state index in [0.717, 1.165) is 22.5 Å². The van der Waals surface area contributed by atoms with Crippen LogP contribution in [0.25, 0.3) is 0 Å². The van der Waals surface area contributed by atoms with Crippen molar-refractivity contribution in [3.63, 3.8) is 0 Å². The smallest absolute Gasteiger partial charge is 0.283 e. The normalized spacial score (nSPS) is 10.9. The molecule has 1 amide bonds. The number of carbonyl (C=O) groups excluding carboxylic acids is 1. The Hall–Kier alpha value is -3.39. The highest BCUT2D eigenvalue weighted by Gasteiger charge is 2.13. The molecule has 3 N–H and O–H groups in total. The number of amides is 1. The number of anilines is 1. The fourth-order valence-corrected chi connectivity index (χ4v) is 3.49. The van der Waals surface area contributed by atoms with Gasteiger partial charge in [0.25, 0.3) is 5.91 Å². The summed E-state index contributed by atoms with van der Waals surface area (Å²) < 4.78 is 11.7. The standard InChI is InChI=1S/C22H24N4O3S/c1-4-28-19-11-16(12-24-26-21(27)20-15(3)25-22(23)30-20)9-10-18(19)29-13-17-8-6-5-7-14(17)2/h5-12H,4,13H2,1-3H3,(H2,23,25)(H,26,27)/b24-12+. The van der Waals surface area contributed by atoms with Crippen LogP contribution in [0.2, 0.25) is 0 Å². The van der Waals surface area contributed by atoms with Gasteiger partial charge in [0.05, 0.1) is 18.5 Å². The van der Waals surface area contributed by atoms with E-state index < -0.39 is 0 Å². The number of hydrogen-bond acceptors (Lipinski definition) is 7. The Kier molecular flexibility index (Phi) is 7.03. The first-order chi connectivity index (χ1) is 14.5. The summed E-state index contributed by atoms with van der Waals surface area (Å²) >= 11 is 1.13. The molecule has 0 fully saturated rings. The number of nitrogens with two attached hydrogens (primary N) is 1. The molecule has 0 aliphatic carbocycles. The van der Waals surface area contributed by atoms with Crippen molar-refractivity contribution in [1.29, 1.82) is 0 Å². The van der Waals surface area contributed by atoms with Gasteiger partial charge in [0.15, 0.2) is 16.6 Å². The van der Waals surface area contributed by atoms with Crippen molar-refractivity contribution in [2.24, 2.45) is 5.10 Å². The second-order valence-electron chi connectivity index (χ2n) is 6.52. The Morgan fingerprint density at radius 2 is 2.00 bits per heavy atom. The molecule has 0 unspecified atom stereocenters. The van der Waals surface area contributed by atoms with Crippen LogP contribution >= 0.6 is 11.3 Å². The minimum atomic E-state index is -0.346. The minimum Gasteiger partial charge on any atom is -0.490 e. The summed E-state index contributed by atoms with van der Waals surface area (Å²) in [5, 5.41) is 4.37. The number of aryl methyl sites for hydroxylation is 2. The Morgan fingerprint density at radius 1 is 1.20 bits per heavy atom. The molecule has 1 heterocycles. The van der Waals surface area contributed by atoms with Crippen LogP contribution in [0.3, 0.4) is 0 Å². The van der Waals surface area contributed by atoms with Crippen molar-refractivity contribution in [3.8, 4) is 11.5 Å². The summed E-state index contributed by atoms with van der Waals surface area (Å²) in [6.45, 7) is 6.65. The first-order valence-corrected chi connectivity index (χ1v) is 10.3. The van der Waals surface area contributed by atoms with Crippen LogP contribution in [-0.4, -0.2) is 23.7 Å². The van der Waals surface area contributed by atoms with Crippen LogP contribution < -0.4 is 20.6 Å². The average Bonchev–Trinajstić information content (AvgIpc) is 3.07. The highest BCUT2D eigenvalue weighted by atomic mass is 32.1. The molecule has 2 aromatic carbocycles. The third-order valence-electron chi connectivity index (χ3n) is 4.31. The molecule has 0 bridgehead atoms. The van der Waals surface area contributed by atoms with E-state index in [4.69, 9.17) is 15.2 Å². The van der Waals surface area contributed by atoms with E-state index in [1.807, 2.05) is 43.3 Å². The zero-order valence-corrected chi connectivity index (χ0v) is 18.0. The van der Waals surface area contributed by atoms with Gasteiger partial charge in [-0.3, -0.25) is 4.79 Å². The van der Waals surface area contributed by atoms with Gasteiger partial charge in [-0.25, -0.2) is 10.4 Å². The molecule has 0 aliphatic rings. The summed E-state index contributed by atoms with van der Waals surface area (Å²) in [6, 6.07) is 13.6. The summed E-state index contributed by atoms with van der Waals surface area (Å²) in [6.07, 6.45) is 1.55. The molecule has 0 saturated carbocycles. The predicted molar refractivity (Wildman–Crippen MR) is 119 cm³/mol. The number of nitrogens with zero attached hydrogens (tertiary/aromatic N) is 2. The van der Waals surface area contributed by atoms with E-state index in [0.29, 0.717) is 40.4 Å². The van der Waals surface area contributed by atoms with E-state index in [9.17, 15) is 4.79 Å². The summed E-state index contributed by atoms with van der Waals surface area (Å²) in [5.74, 6) is 0.922. The summed E-state index contributed by atoms with van der Waals surface area (Å²) in [4.78, 5) is 16.7. The lowest BCUT2D eigenvalue weighted by atomic mass is 10.1. The number of nitrogen functional groups attached to an aromatic ring is 1. The van der Waals surface area contributed by atoms with Crippen LogP contribution in [0.15, 0.2) is 47.6 Å². The van der Waals surface area contributed by atoms with Crippen molar-refractivity contribution in [1.82, 2.24) is 10.4 Å². The van der Waals surface area contributed by atoms with Crippen LogP contribution in [-0.2, 0) is 6.61 Å². The topological polar surface area (TPSA) is 98.8 Å². The number of benzene rings is 2. The number of ether oxygens (including phenoxy) is 2. The van der Waals surface area contributed by atoms with Crippen LogP contribution in [0.1, 0.15) is 39.0 Å². The lowest BCUT2D eigenvalue weighted by Gasteiger charge is -2.13. The zero-order chi connectivity index (χ0) is 21.5. The fourth-order valence-electron chi connectivity index (χ4n) is 2.76. The highest BCUT2D eigenvalue weighted by molar-refractivity contribution is 7.17. The molecule has 1 aromatic heterocycles. The first kappa shape index (κ1) is 21.3. The molecular formula is C22H24N4O3S. The third-order valence-corrected chi connectivity index (χ3v) is 5.30. The molecule has 0 radical (unpaired) electrons. The van der Waals surface area contributed by atoms with Crippen LogP contribution in [0.5, 0.6) is 11.5 Å². The summed E-state index contributed by atoms with van der Waals surface area (Å²) in [7, 11) is 0. The van der Waals surface area contributed by atoms with Crippen molar-refractivity contribution in [3.05, 3.63) is 69.7 Å². The van der Waals surface area contributed by atoms with Crippen LogP contribution in [0, 0.1) is 13.8 Å². The molecule has 8 heteroatoms. The lowest BCUT2D eigenvalue weighted by molar-refractivity contribution is 0.0958. The Balaban J connectivity index is 1.68. The Labute approximate surface area is 179 Å². The number of thiazole rings is 1. The monoisotopic (exact) mass is 424 g/mol. The number of aromatic nitrogens is 1. The SMILES string of the molecule is CCOc1cc(/C=N/NC(=O)c2sc(N)nc2C)ccc1OCc1ccccc1C. The van der Waals surface area contributed by atoms with Crippen LogP contribution in [0.4, 0.5) is 5.13 Å². The third kappa shape index (κ3) is 5.36. The maximum Gasteiger partial charge on any atom is 0.283 e. The molecule has 7 nitrogen and oxygen atoms in total. The van der Waals surface area contributed by atoms with Gasteiger partial charge >= 0.3 is 0 Å².